The lowest BCUT2D eigenvalue weighted by Crippen LogP contribution is -2.12. The summed E-state index contributed by atoms with van der Waals surface area (Å²) >= 11 is 1.88. The van der Waals surface area contributed by atoms with Gasteiger partial charge in [-0.3, -0.25) is 0 Å². The van der Waals surface area contributed by atoms with Crippen molar-refractivity contribution >= 4 is 23.0 Å². The molecule has 0 saturated carbocycles. The summed E-state index contributed by atoms with van der Waals surface area (Å²) in [6.07, 6.45) is 3.46. The van der Waals surface area contributed by atoms with E-state index in [1.165, 1.54) is 32.2 Å². The van der Waals surface area contributed by atoms with E-state index in [4.69, 9.17) is 0 Å². The molecule has 23 heavy (non-hydrogen) atoms. The normalized spacial score (nSPS) is 14.7. The zero-order valence-corrected chi connectivity index (χ0v) is 15.2. The van der Waals surface area contributed by atoms with Crippen molar-refractivity contribution in [2.24, 2.45) is 0 Å². The van der Waals surface area contributed by atoms with Crippen molar-refractivity contribution < 1.29 is 0 Å². The van der Waals surface area contributed by atoms with Crippen LogP contribution in [0.4, 0.5) is 5.69 Å². The van der Waals surface area contributed by atoms with Crippen molar-refractivity contribution in [1.29, 1.82) is 0 Å². The van der Waals surface area contributed by atoms with Crippen molar-refractivity contribution in [2.75, 3.05) is 39.6 Å². The summed E-state index contributed by atoms with van der Waals surface area (Å²) in [6.45, 7) is 1.07. The van der Waals surface area contributed by atoms with Crippen molar-refractivity contribution in [3.05, 3.63) is 59.7 Å². The Labute approximate surface area is 143 Å². The molecule has 0 aliphatic carbocycles. The molecule has 2 aromatic rings. The first-order valence-corrected chi connectivity index (χ1v) is 8.82. The van der Waals surface area contributed by atoms with E-state index in [-0.39, 0.29) is 0 Å². The van der Waals surface area contributed by atoms with E-state index in [9.17, 15) is 0 Å². The zero-order valence-electron chi connectivity index (χ0n) is 14.3. The van der Waals surface area contributed by atoms with Gasteiger partial charge in [-0.2, -0.15) is 0 Å². The quantitative estimate of drug-likeness (QED) is 0.692. The Morgan fingerprint density at radius 2 is 1.65 bits per heavy atom. The fourth-order valence-corrected chi connectivity index (χ4v) is 3.91. The summed E-state index contributed by atoms with van der Waals surface area (Å²) in [5.41, 5.74) is 5.35. The Hall–Kier alpha value is -1.71. The predicted molar refractivity (Wildman–Crippen MR) is 102 cm³/mol. The van der Waals surface area contributed by atoms with Gasteiger partial charge in [-0.1, -0.05) is 36.0 Å². The maximum Gasteiger partial charge on any atom is 0.0368 e. The molecule has 120 valence electrons. The standard InChI is InChI=1S/C20H24N2S/c1-21(2)13-7-9-16-17-8-5-6-10-19(17)23-20-12-11-15(22(3)4)14-18(16)20/h5-6,8-12,14H,7,13H2,1-4H3. The average Bonchev–Trinajstić information content (AvgIpc) is 2.53. The van der Waals surface area contributed by atoms with Crippen LogP contribution >= 0.6 is 11.8 Å². The van der Waals surface area contributed by atoms with E-state index in [2.05, 4.69) is 86.5 Å². The monoisotopic (exact) mass is 324 g/mol. The van der Waals surface area contributed by atoms with Gasteiger partial charge < -0.3 is 9.80 Å². The molecular formula is C20H24N2S. The summed E-state index contributed by atoms with van der Waals surface area (Å²) in [6, 6.07) is 15.5. The number of anilines is 1. The van der Waals surface area contributed by atoms with Crippen molar-refractivity contribution in [1.82, 2.24) is 4.90 Å². The van der Waals surface area contributed by atoms with Crippen LogP contribution in [0.5, 0.6) is 0 Å². The number of nitrogens with zero attached hydrogens (tertiary/aromatic N) is 2. The molecule has 0 N–H and O–H groups in total. The summed E-state index contributed by atoms with van der Waals surface area (Å²) < 4.78 is 0. The Balaban J connectivity index is 2.07. The third-order valence-corrected chi connectivity index (χ3v) is 5.24. The van der Waals surface area contributed by atoms with Gasteiger partial charge in [0.15, 0.2) is 0 Å². The largest absolute Gasteiger partial charge is 0.378 e. The highest BCUT2D eigenvalue weighted by atomic mass is 32.2. The van der Waals surface area contributed by atoms with Crippen molar-refractivity contribution in [3.63, 3.8) is 0 Å². The number of hydrogen-bond acceptors (Lipinski definition) is 3. The Morgan fingerprint density at radius 3 is 2.39 bits per heavy atom. The molecule has 2 nitrogen and oxygen atoms in total. The van der Waals surface area contributed by atoms with Gasteiger partial charge in [-0.05, 0) is 61.5 Å². The molecule has 3 heteroatoms. The molecular weight excluding hydrogens is 300 g/mol. The van der Waals surface area contributed by atoms with E-state index in [0.29, 0.717) is 0 Å². The molecule has 1 aliphatic rings. The molecule has 0 spiro atoms. The van der Waals surface area contributed by atoms with Gasteiger partial charge in [-0.15, -0.1) is 0 Å². The number of benzene rings is 2. The van der Waals surface area contributed by atoms with Gasteiger partial charge >= 0.3 is 0 Å². The molecule has 3 rings (SSSR count). The molecule has 0 atom stereocenters. The van der Waals surface area contributed by atoms with Gasteiger partial charge in [0, 0.05) is 36.1 Å². The summed E-state index contributed by atoms with van der Waals surface area (Å²) in [5, 5.41) is 0. The van der Waals surface area contributed by atoms with E-state index in [0.717, 1.165) is 13.0 Å². The zero-order chi connectivity index (χ0) is 16.4. The molecule has 1 heterocycles. The first-order valence-electron chi connectivity index (χ1n) is 8.00. The van der Waals surface area contributed by atoms with E-state index in [1.54, 1.807) is 0 Å². The van der Waals surface area contributed by atoms with E-state index in [1.807, 2.05) is 11.8 Å². The molecule has 0 radical (unpaired) electrons. The van der Waals surface area contributed by atoms with Crippen LogP contribution in [0.15, 0.2) is 58.3 Å². The van der Waals surface area contributed by atoms with Crippen molar-refractivity contribution in [2.45, 2.75) is 16.2 Å². The highest BCUT2D eigenvalue weighted by Gasteiger charge is 2.21. The fourth-order valence-electron chi connectivity index (χ4n) is 2.82. The van der Waals surface area contributed by atoms with Gasteiger partial charge in [0.1, 0.15) is 0 Å². The highest BCUT2D eigenvalue weighted by molar-refractivity contribution is 7.99. The predicted octanol–water partition coefficient (Wildman–Crippen LogP) is 4.60. The van der Waals surface area contributed by atoms with Crippen LogP contribution in [0.1, 0.15) is 17.5 Å². The molecule has 0 saturated heterocycles. The third kappa shape index (κ3) is 3.46. The van der Waals surface area contributed by atoms with Crippen LogP contribution < -0.4 is 4.90 Å². The molecule has 0 bridgehead atoms. The smallest absolute Gasteiger partial charge is 0.0368 e. The van der Waals surface area contributed by atoms with Crippen LogP contribution in [0, 0.1) is 0 Å². The van der Waals surface area contributed by atoms with Crippen LogP contribution in [0.2, 0.25) is 0 Å². The molecule has 2 aromatic carbocycles. The van der Waals surface area contributed by atoms with Crippen LogP contribution in [0.25, 0.3) is 5.57 Å². The molecule has 1 aliphatic heterocycles. The number of hydrogen-bond donors (Lipinski definition) is 0. The SMILES string of the molecule is CN(C)CCC=C1c2ccccc2Sc2ccc(N(C)C)cc21. The summed E-state index contributed by atoms with van der Waals surface area (Å²) in [5.74, 6) is 0. The van der Waals surface area contributed by atoms with Crippen LogP contribution in [-0.2, 0) is 0 Å². The van der Waals surface area contributed by atoms with Crippen molar-refractivity contribution in [3.8, 4) is 0 Å². The number of rotatable bonds is 4. The van der Waals surface area contributed by atoms with Gasteiger partial charge in [0.2, 0.25) is 0 Å². The minimum Gasteiger partial charge on any atom is -0.378 e. The average molecular weight is 324 g/mol. The molecule has 0 aromatic heterocycles. The lowest BCUT2D eigenvalue weighted by molar-refractivity contribution is 0.417. The third-order valence-electron chi connectivity index (χ3n) is 4.09. The second-order valence-corrected chi connectivity index (χ2v) is 7.47. The molecule has 0 unspecified atom stereocenters. The first kappa shape index (κ1) is 16.2. The van der Waals surface area contributed by atoms with Gasteiger partial charge in [0.05, 0.1) is 0 Å². The lowest BCUT2D eigenvalue weighted by Gasteiger charge is -2.24. The topological polar surface area (TPSA) is 6.48 Å². The Bertz CT molecular complexity index is 732. The molecule has 0 amide bonds. The Morgan fingerprint density at radius 1 is 0.913 bits per heavy atom. The van der Waals surface area contributed by atoms with Gasteiger partial charge in [-0.25, -0.2) is 0 Å². The first-order chi connectivity index (χ1) is 11.1. The second-order valence-electron chi connectivity index (χ2n) is 6.38. The number of fused-ring (bicyclic) bond motifs is 2. The second kappa shape index (κ2) is 6.81. The van der Waals surface area contributed by atoms with Crippen LogP contribution in [0.3, 0.4) is 0 Å². The summed E-state index contributed by atoms with van der Waals surface area (Å²) in [7, 11) is 8.45. The maximum absolute atomic E-state index is 2.40. The molecule has 0 fully saturated rings. The lowest BCUT2D eigenvalue weighted by atomic mass is 9.95. The fraction of sp³-hybridized carbons (Fsp3) is 0.300. The Kier molecular flexibility index (Phi) is 4.79. The minimum absolute atomic E-state index is 1.06. The van der Waals surface area contributed by atoms with Gasteiger partial charge in [0.25, 0.3) is 0 Å². The highest BCUT2D eigenvalue weighted by Crippen LogP contribution is 2.46. The van der Waals surface area contributed by atoms with E-state index >= 15 is 0 Å². The maximum atomic E-state index is 2.40. The van der Waals surface area contributed by atoms with E-state index < -0.39 is 0 Å². The minimum atomic E-state index is 1.06. The van der Waals surface area contributed by atoms with Crippen LogP contribution in [-0.4, -0.2) is 39.6 Å². The summed E-state index contributed by atoms with van der Waals surface area (Å²) in [4.78, 5) is 7.11.